The van der Waals surface area contributed by atoms with Crippen molar-refractivity contribution in [2.75, 3.05) is 19.8 Å². The van der Waals surface area contributed by atoms with Crippen LogP contribution in [0.5, 0.6) is 0 Å². The molecule has 0 aromatic rings. The van der Waals surface area contributed by atoms with Crippen LogP contribution in [0, 0.1) is 5.92 Å². The zero-order valence-corrected chi connectivity index (χ0v) is 10.2. The van der Waals surface area contributed by atoms with Gasteiger partial charge in [-0.05, 0) is 31.6 Å². The van der Waals surface area contributed by atoms with Gasteiger partial charge in [-0.1, -0.05) is 19.3 Å². The summed E-state index contributed by atoms with van der Waals surface area (Å²) in [5.74, 6) is 0.772. The summed E-state index contributed by atoms with van der Waals surface area (Å²) in [6.07, 6.45) is 9.34. The molecule has 0 heterocycles. The van der Waals surface area contributed by atoms with E-state index < -0.39 is 0 Å². The highest BCUT2D eigenvalue weighted by atomic mass is 16.5. The third-order valence-electron chi connectivity index (χ3n) is 3.67. The molecule has 1 unspecified atom stereocenters. The van der Waals surface area contributed by atoms with Crippen LogP contribution in [-0.4, -0.2) is 37.0 Å². The predicted octanol–water partition coefficient (Wildman–Crippen LogP) is 1.70. The quantitative estimate of drug-likeness (QED) is 0.695. The van der Waals surface area contributed by atoms with Crippen LogP contribution in [0.1, 0.15) is 44.9 Å². The van der Waals surface area contributed by atoms with E-state index in [-0.39, 0.29) is 12.6 Å². The zero-order valence-electron chi connectivity index (χ0n) is 10.2. The van der Waals surface area contributed by atoms with Crippen molar-refractivity contribution in [1.29, 1.82) is 0 Å². The van der Waals surface area contributed by atoms with E-state index in [9.17, 15) is 5.11 Å². The predicted molar refractivity (Wildman–Crippen MR) is 64.4 cm³/mol. The minimum absolute atomic E-state index is 0.149. The molecule has 0 saturated heterocycles. The first-order chi connectivity index (χ1) is 7.88. The van der Waals surface area contributed by atoms with Crippen molar-refractivity contribution in [3.8, 4) is 0 Å². The number of ether oxygens (including phenoxy) is 1. The van der Waals surface area contributed by atoms with Gasteiger partial charge < -0.3 is 15.2 Å². The van der Waals surface area contributed by atoms with Crippen LogP contribution in [0.3, 0.4) is 0 Å². The Bertz CT molecular complexity index is 188. The summed E-state index contributed by atoms with van der Waals surface area (Å²) in [6.45, 7) is 1.76. The van der Waals surface area contributed by atoms with E-state index in [2.05, 4.69) is 5.32 Å². The van der Waals surface area contributed by atoms with Gasteiger partial charge in [-0.15, -0.1) is 0 Å². The van der Waals surface area contributed by atoms with Crippen LogP contribution in [-0.2, 0) is 4.74 Å². The highest BCUT2D eigenvalue weighted by Gasteiger charge is 2.24. The van der Waals surface area contributed by atoms with Crippen LogP contribution < -0.4 is 5.32 Å². The maximum Gasteiger partial charge on any atom is 0.0642 e. The lowest BCUT2D eigenvalue weighted by atomic mass is 9.90. The number of aliphatic hydroxyl groups is 1. The molecule has 0 aromatic carbocycles. The third kappa shape index (κ3) is 4.40. The normalized spacial score (nSPS) is 24.6. The molecule has 2 fully saturated rings. The summed E-state index contributed by atoms with van der Waals surface area (Å²) >= 11 is 0. The first-order valence-corrected chi connectivity index (χ1v) is 6.83. The maximum absolute atomic E-state index is 9.20. The van der Waals surface area contributed by atoms with Crippen molar-refractivity contribution in [3.63, 3.8) is 0 Å². The second-order valence-electron chi connectivity index (χ2n) is 5.36. The van der Waals surface area contributed by atoms with Crippen molar-refractivity contribution in [1.82, 2.24) is 5.32 Å². The molecule has 1 atom stereocenters. The Labute approximate surface area is 98.6 Å². The second kappa shape index (κ2) is 6.58. The van der Waals surface area contributed by atoms with Gasteiger partial charge in [-0.3, -0.25) is 0 Å². The molecule has 3 heteroatoms. The molecular formula is C13H25NO2. The first kappa shape index (κ1) is 12.3. The molecule has 2 aliphatic carbocycles. The molecule has 2 N–H and O–H groups in total. The van der Waals surface area contributed by atoms with Crippen LogP contribution in [0.4, 0.5) is 0 Å². The molecule has 0 spiro atoms. The molecule has 0 amide bonds. The summed E-state index contributed by atoms with van der Waals surface area (Å²) in [5.41, 5.74) is 0. The fourth-order valence-corrected chi connectivity index (χ4v) is 2.47. The van der Waals surface area contributed by atoms with E-state index in [1.807, 2.05) is 0 Å². The Morgan fingerprint density at radius 1 is 1.12 bits per heavy atom. The van der Waals surface area contributed by atoms with Gasteiger partial charge in [0.05, 0.1) is 19.3 Å². The lowest BCUT2D eigenvalue weighted by molar-refractivity contribution is 0.0553. The smallest absolute Gasteiger partial charge is 0.0642 e. The zero-order chi connectivity index (χ0) is 11.2. The fraction of sp³-hybridized carbons (Fsp3) is 1.00. The van der Waals surface area contributed by atoms with Gasteiger partial charge in [0.15, 0.2) is 0 Å². The molecule has 16 heavy (non-hydrogen) atoms. The van der Waals surface area contributed by atoms with Gasteiger partial charge in [0, 0.05) is 12.6 Å². The van der Waals surface area contributed by atoms with Gasteiger partial charge >= 0.3 is 0 Å². The summed E-state index contributed by atoms with van der Waals surface area (Å²) in [4.78, 5) is 0. The maximum atomic E-state index is 9.20. The van der Waals surface area contributed by atoms with E-state index in [1.165, 1.54) is 44.9 Å². The molecule has 2 aliphatic rings. The summed E-state index contributed by atoms with van der Waals surface area (Å²) in [6, 6.07) is 0.798. The topological polar surface area (TPSA) is 41.5 Å². The average molecular weight is 227 g/mol. The van der Waals surface area contributed by atoms with Crippen LogP contribution in [0.25, 0.3) is 0 Å². The Morgan fingerprint density at radius 3 is 2.50 bits per heavy atom. The van der Waals surface area contributed by atoms with Gasteiger partial charge in [-0.25, -0.2) is 0 Å². The largest absolute Gasteiger partial charge is 0.395 e. The summed E-state index contributed by atoms with van der Waals surface area (Å²) in [5, 5.41) is 12.6. The minimum Gasteiger partial charge on any atom is -0.395 e. The molecule has 0 aliphatic heterocycles. The Kier molecular flexibility index (Phi) is 5.07. The molecule has 2 rings (SSSR count). The summed E-state index contributed by atoms with van der Waals surface area (Å²) in [7, 11) is 0. The molecular weight excluding hydrogens is 202 g/mol. The van der Waals surface area contributed by atoms with E-state index in [0.29, 0.717) is 12.6 Å². The fourth-order valence-electron chi connectivity index (χ4n) is 2.47. The van der Waals surface area contributed by atoms with Crippen molar-refractivity contribution in [2.45, 2.75) is 57.0 Å². The van der Waals surface area contributed by atoms with Gasteiger partial charge in [0.25, 0.3) is 0 Å². The Morgan fingerprint density at radius 2 is 1.88 bits per heavy atom. The van der Waals surface area contributed by atoms with Crippen molar-refractivity contribution in [2.24, 2.45) is 5.92 Å². The average Bonchev–Trinajstić information content (AvgIpc) is 3.13. The molecule has 94 valence electrons. The number of aliphatic hydroxyl groups excluding tert-OH is 1. The number of hydrogen-bond donors (Lipinski definition) is 2. The van der Waals surface area contributed by atoms with Gasteiger partial charge in [0.1, 0.15) is 0 Å². The molecule has 3 nitrogen and oxygen atoms in total. The van der Waals surface area contributed by atoms with E-state index in [0.717, 1.165) is 12.5 Å². The van der Waals surface area contributed by atoms with Gasteiger partial charge in [0.2, 0.25) is 0 Å². The Hall–Kier alpha value is -0.120. The van der Waals surface area contributed by atoms with E-state index in [1.54, 1.807) is 0 Å². The number of hydrogen-bond acceptors (Lipinski definition) is 3. The van der Waals surface area contributed by atoms with Crippen molar-refractivity contribution < 1.29 is 9.84 Å². The molecule has 0 aromatic heterocycles. The second-order valence-corrected chi connectivity index (χ2v) is 5.36. The molecule has 0 bridgehead atoms. The van der Waals surface area contributed by atoms with E-state index >= 15 is 0 Å². The van der Waals surface area contributed by atoms with Crippen molar-refractivity contribution in [3.05, 3.63) is 0 Å². The Balaban J connectivity index is 1.54. The SMILES string of the molecule is OCC(COCC1CCCCC1)NC1CC1. The highest BCUT2D eigenvalue weighted by Crippen LogP contribution is 2.24. The number of nitrogens with one attached hydrogen (secondary N) is 1. The summed E-state index contributed by atoms with van der Waals surface area (Å²) < 4.78 is 5.73. The first-order valence-electron chi connectivity index (χ1n) is 6.83. The lowest BCUT2D eigenvalue weighted by Crippen LogP contribution is -2.38. The van der Waals surface area contributed by atoms with Gasteiger partial charge in [-0.2, -0.15) is 0 Å². The number of rotatable bonds is 7. The van der Waals surface area contributed by atoms with Crippen LogP contribution in [0.15, 0.2) is 0 Å². The monoisotopic (exact) mass is 227 g/mol. The van der Waals surface area contributed by atoms with Crippen LogP contribution in [0.2, 0.25) is 0 Å². The highest BCUT2D eigenvalue weighted by molar-refractivity contribution is 4.84. The van der Waals surface area contributed by atoms with E-state index in [4.69, 9.17) is 4.74 Å². The third-order valence-corrected chi connectivity index (χ3v) is 3.67. The minimum atomic E-state index is 0.149. The lowest BCUT2D eigenvalue weighted by Gasteiger charge is -2.23. The van der Waals surface area contributed by atoms with Crippen molar-refractivity contribution >= 4 is 0 Å². The molecule has 0 radical (unpaired) electrons. The molecule has 2 saturated carbocycles. The standard InChI is InChI=1S/C13H25NO2/c15-8-13(14-12-6-7-12)10-16-9-11-4-2-1-3-5-11/h11-15H,1-10H2. The van der Waals surface area contributed by atoms with Crippen LogP contribution >= 0.6 is 0 Å².